The maximum Gasteiger partial charge on any atom is 0.166 e. The highest BCUT2D eigenvalue weighted by Crippen LogP contribution is 2.25. The Morgan fingerprint density at radius 2 is 2.13 bits per heavy atom. The molecule has 0 bridgehead atoms. The first-order valence-electron chi connectivity index (χ1n) is 4.41. The van der Waals surface area contributed by atoms with Gasteiger partial charge in [0, 0.05) is 18.0 Å². The van der Waals surface area contributed by atoms with Crippen molar-refractivity contribution < 1.29 is 14.6 Å². The second-order valence-electron chi connectivity index (χ2n) is 2.76. The molecule has 4 heteroatoms. The van der Waals surface area contributed by atoms with Gasteiger partial charge in [0.05, 0.1) is 12.8 Å². The van der Waals surface area contributed by atoms with E-state index in [2.05, 4.69) is 4.98 Å². The van der Waals surface area contributed by atoms with Crippen molar-refractivity contribution >= 4 is 17.2 Å². The average Bonchev–Trinajstić information content (AvgIpc) is 2.74. The summed E-state index contributed by atoms with van der Waals surface area (Å²) in [5, 5.41) is 7.94. The summed E-state index contributed by atoms with van der Waals surface area (Å²) in [5.41, 5.74) is 1.49. The number of aromatic nitrogens is 1. The first-order chi connectivity index (χ1) is 7.35. The summed E-state index contributed by atoms with van der Waals surface area (Å²) in [5.74, 6) is 0.779. The summed E-state index contributed by atoms with van der Waals surface area (Å²) in [6, 6.07) is 7.43. The molecule has 0 aliphatic rings. The zero-order valence-electron chi connectivity index (χ0n) is 8.65. The van der Waals surface area contributed by atoms with Gasteiger partial charge < -0.3 is 14.8 Å². The summed E-state index contributed by atoms with van der Waals surface area (Å²) in [4.78, 5) is 13.5. The van der Waals surface area contributed by atoms with Crippen LogP contribution in [0.15, 0.2) is 24.3 Å². The van der Waals surface area contributed by atoms with E-state index in [0.717, 1.165) is 30.0 Å². The van der Waals surface area contributed by atoms with Gasteiger partial charge in [-0.15, -0.1) is 0 Å². The monoisotopic (exact) mass is 207 g/mol. The molecule has 0 aliphatic heterocycles. The van der Waals surface area contributed by atoms with Crippen molar-refractivity contribution in [2.24, 2.45) is 0 Å². The van der Waals surface area contributed by atoms with Crippen LogP contribution in [0.1, 0.15) is 10.5 Å². The minimum Gasteiger partial charge on any atom is -0.496 e. The highest BCUT2D eigenvalue weighted by molar-refractivity contribution is 5.91. The number of nitrogens with one attached hydrogen (secondary N) is 1. The van der Waals surface area contributed by atoms with Crippen molar-refractivity contribution in [1.29, 1.82) is 0 Å². The van der Waals surface area contributed by atoms with E-state index in [9.17, 15) is 4.79 Å². The molecular formula is C11H13NO3. The fourth-order valence-corrected chi connectivity index (χ4v) is 1.39. The fourth-order valence-electron chi connectivity index (χ4n) is 1.39. The Kier molecular flexibility index (Phi) is 3.88. The lowest BCUT2D eigenvalue weighted by Crippen LogP contribution is -1.81. The Morgan fingerprint density at radius 3 is 2.73 bits per heavy atom. The van der Waals surface area contributed by atoms with Crippen LogP contribution in [0.2, 0.25) is 0 Å². The molecule has 0 aliphatic carbocycles. The van der Waals surface area contributed by atoms with Crippen LogP contribution in [-0.2, 0) is 0 Å². The van der Waals surface area contributed by atoms with Gasteiger partial charge in [0.2, 0.25) is 0 Å². The lowest BCUT2D eigenvalue weighted by Gasteiger charge is -1.99. The van der Waals surface area contributed by atoms with Gasteiger partial charge >= 0.3 is 0 Å². The second kappa shape index (κ2) is 5.17. The molecule has 1 aromatic carbocycles. The van der Waals surface area contributed by atoms with Crippen LogP contribution in [0, 0.1) is 0 Å². The van der Waals surface area contributed by atoms with Crippen molar-refractivity contribution in [3.63, 3.8) is 0 Å². The van der Waals surface area contributed by atoms with Crippen molar-refractivity contribution in [3.8, 4) is 5.75 Å². The maximum atomic E-state index is 10.5. The molecule has 2 aromatic rings. The number of hydrogen-bond donors (Lipinski definition) is 2. The summed E-state index contributed by atoms with van der Waals surface area (Å²) in [6.07, 6.45) is 0.791. The average molecular weight is 207 g/mol. The third-order valence-electron chi connectivity index (χ3n) is 1.99. The number of aldehydes is 1. The van der Waals surface area contributed by atoms with Gasteiger partial charge in [-0.25, -0.2) is 0 Å². The molecule has 0 saturated carbocycles. The van der Waals surface area contributed by atoms with Crippen molar-refractivity contribution in [1.82, 2.24) is 4.98 Å². The van der Waals surface area contributed by atoms with E-state index in [-0.39, 0.29) is 0 Å². The number of methoxy groups -OCH3 is 1. The van der Waals surface area contributed by atoms with Crippen LogP contribution in [0.5, 0.6) is 5.75 Å². The third kappa shape index (κ3) is 2.16. The van der Waals surface area contributed by atoms with Gasteiger partial charge in [-0.1, -0.05) is 6.07 Å². The Labute approximate surface area is 87.5 Å². The third-order valence-corrected chi connectivity index (χ3v) is 1.99. The van der Waals surface area contributed by atoms with Gasteiger partial charge in [0.1, 0.15) is 5.75 Å². The normalized spacial score (nSPS) is 9.27. The lowest BCUT2D eigenvalue weighted by atomic mass is 10.2. The van der Waals surface area contributed by atoms with Crippen LogP contribution in [0.25, 0.3) is 10.9 Å². The number of aromatic amines is 1. The second-order valence-corrected chi connectivity index (χ2v) is 2.76. The van der Waals surface area contributed by atoms with E-state index in [4.69, 9.17) is 9.84 Å². The Balaban J connectivity index is 0.000000531. The fraction of sp³-hybridized carbons (Fsp3) is 0.182. The van der Waals surface area contributed by atoms with Crippen LogP contribution >= 0.6 is 0 Å². The predicted molar refractivity (Wildman–Crippen MR) is 58.4 cm³/mol. The van der Waals surface area contributed by atoms with Crippen molar-refractivity contribution in [3.05, 3.63) is 30.0 Å². The standard InChI is InChI=1S/C10H9NO2.CH4O/c1-13-10-4-2-3-9-8(10)5-7(6-12)11-9;1-2/h2-6,11H,1H3;2H,1H3. The summed E-state index contributed by atoms with van der Waals surface area (Å²) < 4.78 is 5.15. The van der Waals surface area contributed by atoms with Gasteiger partial charge in [0.15, 0.2) is 6.29 Å². The van der Waals surface area contributed by atoms with Gasteiger partial charge in [-0.05, 0) is 18.2 Å². The number of rotatable bonds is 2. The number of carbonyl (C=O) groups is 1. The van der Waals surface area contributed by atoms with Crippen LogP contribution in [0.4, 0.5) is 0 Å². The smallest absolute Gasteiger partial charge is 0.166 e. The molecule has 0 radical (unpaired) electrons. The molecule has 2 rings (SSSR count). The molecule has 0 amide bonds. The molecular weight excluding hydrogens is 194 g/mol. The number of fused-ring (bicyclic) bond motifs is 1. The Hall–Kier alpha value is -1.81. The highest BCUT2D eigenvalue weighted by Gasteiger charge is 2.03. The van der Waals surface area contributed by atoms with Gasteiger partial charge in [-0.2, -0.15) is 0 Å². The Bertz CT molecular complexity index is 448. The minimum atomic E-state index is 0.569. The molecule has 15 heavy (non-hydrogen) atoms. The minimum absolute atomic E-state index is 0.569. The van der Waals surface area contributed by atoms with E-state index in [1.807, 2.05) is 18.2 Å². The quantitative estimate of drug-likeness (QED) is 0.735. The van der Waals surface area contributed by atoms with Gasteiger partial charge in [0.25, 0.3) is 0 Å². The first kappa shape index (κ1) is 11.3. The molecule has 0 spiro atoms. The topological polar surface area (TPSA) is 62.3 Å². The molecule has 1 heterocycles. The SMILES string of the molecule is CO.COc1cccc2[nH]c(C=O)cc12. The van der Waals surface area contributed by atoms with Crippen LogP contribution in [0.3, 0.4) is 0 Å². The molecule has 4 nitrogen and oxygen atoms in total. The zero-order chi connectivity index (χ0) is 11.3. The first-order valence-corrected chi connectivity index (χ1v) is 4.41. The molecule has 80 valence electrons. The molecule has 1 aromatic heterocycles. The molecule has 2 N–H and O–H groups in total. The summed E-state index contributed by atoms with van der Waals surface area (Å²) in [7, 11) is 2.61. The number of aliphatic hydroxyl groups is 1. The molecule has 0 fully saturated rings. The number of H-pyrrole nitrogens is 1. The van der Waals surface area contributed by atoms with Gasteiger partial charge in [-0.3, -0.25) is 4.79 Å². The van der Waals surface area contributed by atoms with Crippen LogP contribution in [-0.4, -0.2) is 30.6 Å². The highest BCUT2D eigenvalue weighted by atomic mass is 16.5. The number of hydrogen-bond acceptors (Lipinski definition) is 3. The molecule has 0 saturated heterocycles. The number of ether oxygens (including phenoxy) is 1. The Morgan fingerprint density at radius 1 is 1.40 bits per heavy atom. The molecule has 0 unspecified atom stereocenters. The van der Waals surface area contributed by atoms with E-state index in [1.165, 1.54) is 0 Å². The molecule has 0 atom stereocenters. The lowest BCUT2D eigenvalue weighted by molar-refractivity contribution is 0.112. The predicted octanol–water partition coefficient (Wildman–Crippen LogP) is 1.60. The van der Waals surface area contributed by atoms with E-state index in [1.54, 1.807) is 13.2 Å². The van der Waals surface area contributed by atoms with Crippen LogP contribution < -0.4 is 4.74 Å². The van der Waals surface area contributed by atoms with E-state index >= 15 is 0 Å². The summed E-state index contributed by atoms with van der Waals surface area (Å²) >= 11 is 0. The largest absolute Gasteiger partial charge is 0.496 e. The van der Waals surface area contributed by atoms with Crippen molar-refractivity contribution in [2.75, 3.05) is 14.2 Å². The zero-order valence-corrected chi connectivity index (χ0v) is 8.65. The number of benzene rings is 1. The number of carbonyl (C=O) groups excluding carboxylic acids is 1. The maximum absolute atomic E-state index is 10.5. The summed E-state index contributed by atoms with van der Waals surface area (Å²) in [6.45, 7) is 0. The number of aliphatic hydroxyl groups excluding tert-OH is 1. The van der Waals surface area contributed by atoms with E-state index in [0.29, 0.717) is 5.69 Å². The van der Waals surface area contributed by atoms with E-state index < -0.39 is 0 Å². The van der Waals surface area contributed by atoms with Crippen molar-refractivity contribution in [2.45, 2.75) is 0 Å².